The Morgan fingerprint density at radius 2 is 1.60 bits per heavy atom. The van der Waals surface area contributed by atoms with Gasteiger partial charge in [0, 0.05) is 25.1 Å². The molecule has 0 spiro atoms. The molecule has 5 rings (SSSR count). The van der Waals surface area contributed by atoms with E-state index in [0.717, 1.165) is 39.2 Å². The maximum absolute atomic E-state index is 13.9. The maximum Gasteiger partial charge on any atom is 0.248 e. The maximum atomic E-state index is 13.9. The van der Waals surface area contributed by atoms with Crippen molar-refractivity contribution in [2.45, 2.75) is 72.0 Å². The van der Waals surface area contributed by atoms with Crippen molar-refractivity contribution in [3.8, 4) is 27.3 Å². The highest BCUT2D eigenvalue weighted by Crippen LogP contribution is 2.28. The molecule has 0 unspecified atom stereocenters. The Morgan fingerprint density at radius 1 is 0.960 bits per heavy atom. The molecular formula is C39H45N5O5S. The molecule has 4 amide bonds. The van der Waals surface area contributed by atoms with Gasteiger partial charge in [0.05, 0.1) is 22.7 Å². The Kier molecular flexibility index (Phi) is 11.7. The smallest absolute Gasteiger partial charge is 0.248 e. The molecule has 0 radical (unpaired) electrons. The number of benzene rings is 3. The lowest BCUT2D eigenvalue weighted by atomic mass is 9.85. The van der Waals surface area contributed by atoms with E-state index in [4.69, 9.17) is 10.5 Å². The van der Waals surface area contributed by atoms with E-state index < -0.39 is 23.4 Å². The number of thiazole rings is 1. The van der Waals surface area contributed by atoms with Gasteiger partial charge in [-0.3, -0.25) is 19.2 Å². The number of rotatable bonds is 13. The third-order valence-corrected chi connectivity index (χ3v) is 9.84. The summed E-state index contributed by atoms with van der Waals surface area (Å²) in [7, 11) is 0. The highest BCUT2D eigenvalue weighted by Gasteiger charge is 2.41. The molecule has 10 nitrogen and oxygen atoms in total. The first-order chi connectivity index (χ1) is 23.9. The van der Waals surface area contributed by atoms with Crippen molar-refractivity contribution in [1.29, 1.82) is 0 Å². The molecule has 50 heavy (non-hydrogen) atoms. The number of carbonyl (C=O) groups is 4. The van der Waals surface area contributed by atoms with Gasteiger partial charge < -0.3 is 26.0 Å². The minimum absolute atomic E-state index is 0.190. The summed E-state index contributed by atoms with van der Waals surface area (Å²) in [6.07, 6.45) is 1.95. The lowest BCUT2D eigenvalue weighted by molar-refractivity contribution is -0.144. The van der Waals surface area contributed by atoms with E-state index in [9.17, 15) is 19.2 Å². The second kappa shape index (κ2) is 16.1. The van der Waals surface area contributed by atoms with Crippen molar-refractivity contribution in [1.82, 2.24) is 20.5 Å². The van der Waals surface area contributed by atoms with E-state index in [2.05, 4.69) is 15.6 Å². The van der Waals surface area contributed by atoms with Crippen LogP contribution in [0.2, 0.25) is 0 Å². The zero-order valence-corrected chi connectivity index (χ0v) is 29.8. The molecule has 3 aromatic carbocycles. The molecular weight excluding hydrogens is 651 g/mol. The van der Waals surface area contributed by atoms with Crippen molar-refractivity contribution in [3.05, 3.63) is 95.1 Å². The van der Waals surface area contributed by atoms with Gasteiger partial charge in [-0.1, -0.05) is 69.3 Å². The third kappa shape index (κ3) is 9.15. The number of nitrogens with one attached hydrogen (secondary N) is 2. The largest absolute Gasteiger partial charge is 0.494 e. The van der Waals surface area contributed by atoms with Gasteiger partial charge in [0.1, 0.15) is 17.8 Å². The average Bonchev–Trinajstić information content (AvgIpc) is 3.77. The minimum atomic E-state index is -0.781. The summed E-state index contributed by atoms with van der Waals surface area (Å²) in [5.74, 6) is -0.468. The Hall–Kier alpha value is -5.03. The van der Waals surface area contributed by atoms with Crippen LogP contribution >= 0.6 is 11.3 Å². The van der Waals surface area contributed by atoms with Gasteiger partial charge in [0.15, 0.2) is 0 Å². The lowest BCUT2D eigenvalue weighted by Gasteiger charge is -2.35. The predicted molar refractivity (Wildman–Crippen MR) is 195 cm³/mol. The molecule has 0 bridgehead atoms. The molecule has 0 aliphatic carbocycles. The first kappa shape index (κ1) is 36.3. The van der Waals surface area contributed by atoms with E-state index in [-0.39, 0.29) is 24.1 Å². The molecule has 1 aromatic heterocycles. The first-order valence-electron chi connectivity index (χ1n) is 16.9. The normalized spacial score (nSPS) is 15.0. The quantitative estimate of drug-likeness (QED) is 0.149. The van der Waals surface area contributed by atoms with Crippen molar-refractivity contribution in [2.75, 3.05) is 13.2 Å². The van der Waals surface area contributed by atoms with Crippen molar-refractivity contribution in [3.63, 3.8) is 0 Å². The Bertz CT molecular complexity index is 1800. The van der Waals surface area contributed by atoms with Crippen LogP contribution in [0.15, 0.2) is 78.3 Å². The number of carbonyl (C=O) groups excluding carboxylic acids is 4. The van der Waals surface area contributed by atoms with Crippen LogP contribution in [0.4, 0.5) is 0 Å². The van der Waals surface area contributed by atoms with Gasteiger partial charge in [-0.25, -0.2) is 4.98 Å². The highest BCUT2D eigenvalue weighted by molar-refractivity contribution is 7.13. The molecule has 1 aliphatic heterocycles. The average molecular weight is 696 g/mol. The van der Waals surface area contributed by atoms with E-state index in [1.165, 1.54) is 0 Å². The SMILES string of the molecule is Cc1ncsc1-c1ccc(CNC(=O)[C@@H]2CCCN2C(=O)[C@@H](NC(=O)CCCOc2ccc(-c3ccc(C(N)=O)cc3)cc2)C(C)(C)C)cc1. The summed E-state index contributed by atoms with van der Waals surface area (Å²) in [5, 5.41) is 5.97. The second-order valence-electron chi connectivity index (χ2n) is 13.7. The summed E-state index contributed by atoms with van der Waals surface area (Å²) in [6.45, 7) is 8.88. The standard InChI is InChI=1S/C39H45N5O5S/c1-25-34(50-24-42-25)29-11-9-26(10-12-29)23-41-37(47)32-7-5-21-44(32)38(48)35(39(2,3)4)43-33(45)8-6-22-49-31-19-17-28(18-20-31)27-13-15-30(16-14-27)36(40)46/h9-20,24,32,35H,5-8,21-23H2,1-4H3,(H2,40,46)(H,41,47)(H,43,45)/t32-,35+/m0/s1. The van der Waals surface area contributed by atoms with E-state index in [1.54, 1.807) is 28.4 Å². The molecule has 1 aliphatic rings. The predicted octanol–water partition coefficient (Wildman–Crippen LogP) is 5.88. The number of ether oxygens (including phenoxy) is 1. The van der Waals surface area contributed by atoms with E-state index in [0.29, 0.717) is 43.9 Å². The summed E-state index contributed by atoms with van der Waals surface area (Å²) in [4.78, 5) is 58.6. The van der Waals surface area contributed by atoms with Gasteiger partial charge in [-0.15, -0.1) is 11.3 Å². The Morgan fingerprint density at radius 3 is 2.20 bits per heavy atom. The molecule has 1 saturated heterocycles. The second-order valence-corrected chi connectivity index (χ2v) is 14.5. The van der Waals surface area contributed by atoms with Gasteiger partial charge in [-0.2, -0.15) is 0 Å². The van der Waals surface area contributed by atoms with Crippen LogP contribution in [-0.2, 0) is 20.9 Å². The van der Waals surface area contributed by atoms with Crippen LogP contribution in [0.3, 0.4) is 0 Å². The Labute approximate surface area is 297 Å². The fraction of sp³-hybridized carbons (Fsp3) is 0.359. The third-order valence-electron chi connectivity index (χ3n) is 8.86. The molecule has 11 heteroatoms. The monoisotopic (exact) mass is 695 g/mol. The molecule has 2 atom stereocenters. The van der Waals surface area contributed by atoms with Crippen molar-refractivity contribution < 1.29 is 23.9 Å². The highest BCUT2D eigenvalue weighted by atomic mass is 32.1. The number of aromatic nitrogens is 1. The van der Waals surface area contributed by atoms with Crippen LogP contribution in [-0.4, -0.2) is 58.7 Å². The van der Waals surface area contributed by atoms with Crippen LogP contribution in [0.5, 0.6) is 5.75 Å². The molecule has 4 aromatic rings. The number of likely N-dealkylation sites (tertiary alicyclic amines) is 1. The summed E-state index contributed by atoms with van der Waals surface area (Å²) < 4.78 is 5.86. The zero-order valence-electron chi connectivity index (χ0n) is 29.0. The summed E-state index contributed by atoms with van der Waals surface area (Å²) in [6, 6.07) is 21.3. The van der Waals surface area contributed by atoms with Crippen molar-refractivity contribution >= 4 is 35.0 Å². The van der Waals surface area contributed by atoms with Crippen LogP contribution in [0.25, 0.3) is 21.6 Å². The van der Waals surface area contributed by atoms with Gasteiger partial charge >= 0.3 is 0 Å². The fourth-order valence-electron chi connectivity index (χ4n) is 6.00. The number of hydrogen-bond donors (Lipinski definition) is 3. The first-order valence-corrected chi connectivity index (χ1v) is 17.8. The number of nitrogens with zero attached hydrogens (tertiary/aromatic N) is 2. The zero-order chi connectivity index (χ0) is 35.8. The number of primary amides is 1. The number of nitrogens with two attached hydrogens (primary N) is 1. The number of hydrogen-bond acceptors (Lipinski definition) is 7. The molecule has 0 saturated carbocycles. The van der Waals surface area contributed by atoms with Gasteiger partial charge in [0.25, 0.3) is 0 Å². The topological polar surface area (TPSA) is 144 Å². The number of aryl methyl sites for hydroxylation is 1. The van der Waals surface area contributed by atoms with Gasteiger partial charge in [-0.05, 0) is 78.1 Å². The van der Waals surface area contributed by atoms with Gasteiger partial charge in [0.2, 0.25) is 23.6 Å². The molecule has 4 N–H and O–H groups in total. The number of amides is 4. The van der Waals surface area contributed by atoms with Crippen LogP contribution in [0.1, 0.15) is 68.1 Å². The Balaban J connectivity index is 1.09. The summed E-state index contributed by atoms with van der Waals surface area (Å²) in [5.41, 5.74) is 12.0. The van der Waals surface area contributed by atoms with E-state index in [1.807, 2.05) is 93.9 Å². The van der Waals surface area contributed by atoms with E-state index >= 15 is 0 Å². The lowest BCUT2D eigenvalue weighted by Crippen LogP contribution is -2.57. The molecule has 2 heterocycles. The minimum Gasteiger partial charge on any atom is -0.494 e. The fourth-order valence-corrected chi connectivity index (χ4v) is 6.82. The van der Waals surface area contributed by atoms with Crippen molar-refractivity contribution in [2.24, 2.45) is 11.1 Å². The molecule has 1 fully saturated rings. The van der Waals surface area contributed by atoms with Crippen LogP contribution < -0.4 is 21.1 Å². The summed E-state index contributed by atoms with van der Waals surface area (Å²) >= 11 is 1.60. The van der Waals surface area contributed by atoms with Crippen LogP contribution in [0, 0.1) is 12.3 Å². The molecule has 262 valence electrons.